The van der Waals surface area contributed by atoms with Crippen LogP contribution >= 0.6 is 0 Å². The smallest absolute Gasteiger partial charge is 0.337 e. The van der Waals surface area contributed by atoms with Crippen LogP contribution in [0.5, 0.6) is 0 Å². The van der Waals surface area contributed by atoms with Crippen molar-refractivity contribution in [2.24, 2.45) is 35.5 Å². The zero-order valence-electron chi connectivity index (χ0n) is 36.5. The molecule has 5 aliphatic heterocycles. The fraction of sp³-hybridized carbons (Fsp3) is 0.721. The molecule has 0 aromatic rings. The van der Waals surface area contributed by atoms with Crippen molar-refractivity contribution >= 4 is 23.9 Å². The van der Waals surface area contributed by atoms with Gasteiger partial charge in [0.05, 0.1) is 70.0 Å². The van der Waals surface area contributed by atoms with Crippen molar-refractivity contribution < 1.29 is 107 Å². The van der Waals surface area contributed by atoms with Crippen molar-refractivity contribution in [3.8, 4) is 0 Å². The van der Waals surface area contributed by atoms with E-state index in [1.807, 2.05) is 13.8 Å². The maximum atomic E-state index is 13.8. The van der Waals surface area contributed by atoms with Gasteiger partial charge in [0.2, 0.25) is 12.6 Å². The van der Waals surface area contributed by atoms with E-state index in [4.69, 9.17) is 47.4 Å². The summed E-state index contributed by atoms with van der Waals surface area (Å²) in [5, 5.41) is 81.4. The number of ether oxygens (including phenoxy) is 10. The normalized spacial score (nSPS) is 42.4. The van der Waals surface area contributed by atoms with Gasteiger partial charge in [-0.05, 0) is 38.0 Å². The van der Waals surface area contributed by atoms with Gasteiger partial charge in [0.25, 0.3) is 0 Å². The monoisotopic (exact) mass is 928 g/mol. The number of aliphatic hydroxyl groups excluding tert-OH is 8. The van der Waals surface area contributed by atoms with Gasteiger partial charge in [-0.15, -0.1) is 0 Å². The predicted octanol–water partition coefficient (Wildman–Crippen LogP) is -1.90. The Hall–Kier alpha value is -4.04. The van der Waals surface area contributed by atoms with Crippen molar-refractivity contribution in [1.82, 2.24) is 0 Å². The lowest BCUT2D eigenvalue weighted by Crippen LogP contribution is -2.60. The molecular weight excluding hydrogens is 868 g/mol. The maximum Gasteiger partial charge on any atom is 0.337 e. The summed E-state index contributed by atoms with van der Waals surface area (Å²) in [7, 11) is 1.14. The summed E-state index contributed by atoms with van der Waals surface area (Å²) in [6.07, 6.45) is -14.6. The first-order valence-electron chi connectivity index (χ1n) is 21.5. The minimum atomic E-state index is -1.77. The lowest BCUT2D eigenvalue weighted by atomic mass is 9.83. The Balaban J connectivity index is 1.14. The van der Waals surface area contributed by atoms with Gasteiger partial charge < -0.3 is 88.2 Å². The Labute approximate surface area is 373 Å². The first kappa shape index (κ1) is 50.4. The summed E-state index contributed by atoms with van der Waals surface area (Å²) in [6, 6.07) is 0. The van der Waals surface area contributed by atoms with Crippen molar-refractivity contribution in [3.63, 3.8) is 0 Å². The van der Waals surface area contributed by atoms with E-state index in [-0.39, 0.29) is 59.7 Å². The fourth-order valence-corrected chi connectivity index (χ4v) is 9.35. The molecule has 22 nitrogen and oxygen atoms in total. The minimum absolute atomic E-state index is 0.0165. The van der Waals surface area contributed by atoms with E-state index in [0.29, 0.717) is 6.42 Å². The summed E-state index contributed by atoms with van der Waals surface area (Å²) in [4.78, 5) is 54.1. The molecular formula is C43H60O22. The largest absolute Gasteiger partial charge is 0.468 e. The fourth-order valence-electron chi connectivity index (χ4n) is 9.35. The zero-order chi connectivity index (χ0) is 47.4. The van der Waals surface area contributed by atoms with E-state index in [1.54, 1.807) is 19.9 Å². The molecule has 5 heterocycles. The Kier molecular flexibility index (Phi) is 16.8. The molecule has 0 unspecified atom stereocenters. The Bertz CT molecular complexity index is 1840. The maximum absolute atomic E-state index is 13.8. The Morgan fingerprint density at radius 2 is 1.37 bits per heavy atom. The second kappa shape index (κ2) is 21.7. The van der Waals surface area contributed by atoms with Crippen LogP contribution in [0.1, 0.15) is 47.0 Å². The van der Waals surface area contributed by atoms with Gasteiger partial charge in [0.1, 0.15) is 54.9 Å². The number of aliphatic hydroxyl groups is 8. The molecule has 1 saturated carbocycles. The lowest BCUT2D eigenvalue weighted by molar-refractivity contribution is -0.327. The number of carbonyl (C=O) groups excluding carboxylic acids is 4. The Morgan fingerprint density at radius 3 is 1.92 bits per heavy atom. The van der Waals surface area contributed by atoms with Gasteiger partial charge in [0.15, 0.2) is 12.6 Å². The highest BCUT2D eigenvalue weighted by Crippen LogP contribution is 2.45. The quantitative estimate of drug-likeness (QED) is 0.0637. The second-order valence-electron chi connectivity index (χ2n) is 17.0. The van der Waals surface area contributed by atoms with Crippen LogP contribution in [0, 0.1) is 35.5 Å². The van der Waals surface area contributed by atoms with Crippen LogP contribution in [0.3, 0.4) is 0 Å². The van der Waals surface area contributed by atoms with Crippen LogP contribution < -0.4 is 0 Å². The number of allylic oxidation sites excluding steroid dienone is 2. The van der Waals surface area contributed by atoms with Crippen LogP contribution in [0.4, 0.5) is 0 Å². The molecule has 0 aromatic carbocycles. The number of hydrogen-bond donors (Lipinski definition) is 8. The van der Waals surface area contributed by atoms with E-state index in [0.717, 1.165) is 19.6 Å². The number of esters is 4. The van der Waals surface area contributed by atoms with E-state index >= 15 is 0 Å². The highest BCUT2D eigenvalue weighted by atomic mass is 16.8. The number of cyclic esters (lactones) is 1. The highest BCUT2D eigenvalue weighted by Gasteiger charge is 2.51. The second-order valence-corrected chi connectivity index (χ2v) is 17.0. The molecule has 22 heteroatoms. The number of rotatable bonds is 11. The lowest BCUT2D eigenvalue weighted by Gasteiger charge is -2.42. The van der Waals surface area contributed by atoms with Gasteiger partial charge in [-0.3, -0.25) is 9.59 Å². The molecule has 65 heavy (non-hydrogen) atoms. The summed E-state index contributed by atoms with van der Waals surface area (Å²) >= 11 is 0. The van der Waals surface area contributed by atoms with Crippen molar-refractivity contribution in [2.75, 3.05) is 33.5 Å². The molecule has 8 N–H and O–H groups in total. The van der Waals surface area contributed by atoms with Crippen LogP contribution in [-0.2, 0) is 66.5 Å². The molecule has 1 aliphatic carbocycles. The number of methoxy groups -OCH3 is 1. The standard InChI is InChI=1S/C43H60O22/c1-6-19-22(25(38(54)56-5)15-59-40(19)64-42-36(52)34(50)32(48)28(11-44)62-42)9-30(46)57-14-24-18(4)27-8-21(24)17(3)13-58-39(55)26-16-60-41(20(7-2)23(26)10-31(47)61-27)65-43-37(53)35(51)33(49)29(12-45)63-43/h6-7,15-18,21-24,27-29,32-37,40-45,48-53H,8-14H2,1-5H3/b19-6+,20-7-/t17-,18+,21-,22-,23-,24+,27-,28+,29+,32+,33+,34-,35-,36+,37+,40-,41-,42-,43-/m0/s1. The average molecular weight is 929 g/mol. The Morgan fingerprint density at radius 1 is 0.800 bits per heavy atom. The molecule has 0 radical (unpaired) electrons. The van der Waals surface area contributed by atoms with Gasteiger partial charge in [-0.25, -0.2) is 9.59 Å². The molecule has 0 amide bonds. The van der Waals surface area contributed by atoms with Gasteiger partial charge >= 0.3 is 23.9 Å². The number of carbonyl (C=O) groups is 4. The molecule has 364 valence electrons. The van der Waals surface area contributed by atoms with Crippen LogP contribution in [-0.4, -0.2) is 178 Å². The molecule has 0 spiro atoms. The van der Waals surface area contributed by atoms with Gasteiger partial charge in [-0.1, -0.05) is 26.0 Å². The van der Waals surface area contributed by atoms with Crippen LogP contribution in [0.15, 0.2) is 47.0 Å². The first-order valence-corrected chi connectivity index (χ1v) is 21.5. The van der Waals surface area contributed by atoms with E-state index in [2.05, 4.69) is 0 Å². The van der Waals surface area contributed by atoms with Crippen LogP contribution in [0.25, 0.3) is 0 Å². The predicted molar refractivity (Wildman–Crippen MR) is 213 cm³/mol. The molecule has 2 bridgehead atoms. The van der Waals surface area contributed by atoms with Gasteiger partial charge in [0, 0.05) is 28.9 Å². The summed E-state index contributed by atoms with van der Waals surface area (Å²) < 4.78 is 56.8. The third kappa shape index (κ3) is 10.6. The molecule has 19 atom stereocenters. The minimum Gasteiger partial charge on any atom is -0.468 e. The van der Waals surface area contributed by atoms with Crippen molar-refractivity contribution in [3.05, 3.63) is 47.0 Å². The number of fused-ring (bicyclic) bond motifs is 3. The first-order chi connectivity index (χ1) is 31.0. The highest BCUT2D eigenvalue weighted by molar-refractivity contribution is 5.91. The third-order valence-corrected chi connectivity index (χ3v) is 13.3. The van der Waals surface area contributed by atoms with Gasteiger partial charge in [-0.2, -0.15) is 0 Å². The molecule has 4 fully saturated rings. The molecule has 3 saturated heterocycles. The van der Waals surface area contributed by atoms with Crippen LogP contribution in [0.2, 0.25) is 0 Å². The zero-order valence-corrected chi connectivity index (χ0v) is 36.5. The third-order valence-electron chi connectivity index (χ3n) is 13.3. The average Bonchev–Trinajstić information content (AvgIpc) is 3.60. The summed E-state index contributed by atoms with van der Waals surface area (Å²) in [6.45, 7) is 5.29. The van der Waals surface area contributed by atoms with Crippen molar-refractivity contribution in [1.29, 1.82) is 0 Å². The van der Waals surface area contributed by atoms with E-state index in [9.17, 15) is 60.0 Å². The molecule has 6 aliphatic rings. The topological polar surface area (TPSA) is 322 Å². The van der Waals surface area contributed by atoms with E-state index in [1.165, 1.54) is 6.08 Å². The SMILES string of the molecule is C/C=C1\[C@H](O[C@@H]2O[C@H](CO)[C@@H](O)[C@H](O)[C@H]2O)OC=C2C(=O)OC[C@H](C)[C@@H]3C[C@H](OC(=O)C[C@H]21)[C@H](C)[C@H]3COC(=O)C[C@@H]1C(C(=O)OC)=CO[C@@H](O[C@@H]2O[C@H](CO)[C@@H](O)[C@H](O)[C@H]2O)/C1=C/C. The summed E-state index contributed by atoms with van der Waals surface area (Å²) in [5.74, 6) is -6.39. The number of hydrogen-bond acceptors (Lipinski definition) is 22. The molecule has 6 rings (SSSR count). The molecule has 0 aromatic heterocycles. The van der Waals surface area contributed by atoms with Crippen molar-refractivity contribution in [2.45, 2.75) is 127 Å². The summed E-state index contributed by atoms with van der Waals surface area (Å²) in [5.41, 5.74) is 0.427. The van der Waals surface area contributed by atoms with E-state index < -0.39 is 141 Å².